The van der Waals surface area contributed by atoms with Crippen molar-refractivity contribution >= 4 is 34.9 Å². The predicted molar refractivity (Wildman–Crippen MR) is 135 cm³/mol. The number of fused-ring (bicyclic) bond motifs is 1. The molecule has 0 unspecified atom stereocenters. The van der Waals surface area contributed by atoms with E-state index in [0.29, 0.717) is 43.4 Å². The van der Waals surface area contributed by atoms with Crippen LogP contribution in [0.25, 0.3) is 0 Å². The van der Waals surface area contributed by atoms with Crippen molar-refractivity contribution in [3.05, 3.63) is 41.9 Å². The Morgan fingerprint density at radius 3 is 2.58 bits per heavy atom. The summed E-state index contributed by atoms with van der Waals surface area (Å²) in [5.41, 5.74) is 2.66. The lowest BCUT2D eigenvalue weighted by molar-refractivity contribution is -0.136. The molecule has 4 rings (SSSR count). The van der Waals surface area contributed by atoms with Crippen LogP contribution in [0.15, 0.2) is 30.6 Å². The minimum absolute atomic E-state index is 0.0476. The largest absolute Gasteiger partial charge is 0.354 e. The molecule has 2 N–H and O–H groups in total. The monoisotopic (exact) mass is 489 g/mol. The van der Waals surface area contributed by atoms with E-state index in [1.165, 1.54) is 6.20 Å². The van der Waals surface area contributed by atoms with E-state index in [0.717, 1.165) is 36.9 Å². The maximum atomic E-state index is 12.6. The smallest absolute Gasteiger partial charge is 0.313 e. The number of aromatic nitrogens is 2. The Labute approximate surface area is 210 Å². The molecule has 0 radical (unpaired) electrons. The molecule has 10 heteroatoms. The Hall–Kier alpha value is -4.00. The highest BCUT2D eigenvalue weighted by Gasteiger charge is 2.26. The first kappa shape index (κ1) is 25.1. The van der Waals surface area contributed by atoms with Gasteiger partial charge in [-0.2, -0.15) is 5.26 Å². The number of anilines is 3. The second-order valence-electron chi connectivity index (χ2n) is 9.53. The third-order valence-electron chi connectivity index (χ3n) is 6.68. The zero-order chi connectivity index (χ0) is 25.7. The van der Waals surface area contributed by atoms with Crippen LogP contribution in [0.1, 0.15) is 44.4 Å². The van der Waals surface area contributed by atoms with Gasteiger partial charge in [0.25, 0.3) is 0 Å². The first-order valence-electron chi connectivity index (χ1n) is 12.4. The topological polar surface area (TPSA) is 131 Å². The third-order valence-corrected chi connectivity index (χ3v) is 6.68. The maximum absolute atomic E-state index is 12.6. The number of aryl methyl sites for hydroxylation is 1. The number of hydrogen-bond acceptors (Lipinski definition) is 7. The van der Waals surface area contributed by atoms with Gasteiger partial charge in [0, 0.05) is 55.9 Å². The normalized spacial score (nSPS) is 15.7. The van der Waals surface area contributed by atoms with Gasteiger partial charge in [0.1, 0.15) is 6.07 Å². The summed E-state index contributed by atoms with van der Waals surface area (Å²) in [6.45, 7) is 6.18. The Morgan fingerprint density at radius 1 is 1.11 bits per heavy atom. The zero-order valence-corrected chi connectivity index (χ0v) is 20.7. The Bertz CT molecular complexity index is 1180. The van der Waals surface area contributed by atoms with Crippen molar-refractivity contribution in [1.29, 1.82) is 5.26 Å². The minimum Gasteiger partial charge on any atom is -0.354 e. The lowest BCUT2D eigenvalue weighted by Crippen LogP contribution is -2.42. The summed E-state index contributed by atoms with van der Waals surface area (Å²) in [5.74, 6) is -0.693. The van der Waals surface area contributed by atoms with Crippen LogP contribution in [0.4, 0.5) is 17.2 Å². The first-order valence-corrected chi connectivity index (χ1v) is 12.4. The molecule has 1 aromatic heterocycles. The molecule has 1 fully saturated rings. The number of hydrogen-bond donors (Lipinski definition) is 2. The van der Waals surface area contributed by atoms with Gasteiger partial charge in [-0.05, 0) is 49.3 Å². The summed E-state index contributed by atoms with van der Waals surface area (Å²) in [6, 6.07) is 7.52. The average molecular weight is 490 g/mol. The van der Waals surface area contributed by atoms with Gasteiger partial charge >= 0.3 is 11.8 Å². The van der Waals surface area contributed by atoms with E-state index in [1.807, 2.05) is 24.8 Å². The summed E-state index contributed by atoms with van der Waals surface area (Å²) >= 11 is 0. The highest BCUT2D eigenvalue weighted by atomic mass is 16.2. The van der Waals surface area contributed by atoms with Crippen molar-refractivity contribution in [2.24, 2.45) is 11.8 Å². The van der Waals surface area contributed by atoms with E-state index in [4.69, 9.17) is 0 Å². The third kappa shape index (κ3) is 5.62. The molecule has 1 aromatic carbocycles. The summed E-state index contributed by atoms with van der Waals surface area (Å²) in [4.78, 5) is 49.7. The summed E-state index contributed by atoms with van der Waals surface area (Å²) in [5, 5.41) is 14.6. The second kappa shape index (κ2) is 11.2. The molecule has 2 aromatic rings. The molecular formula is C26H31N7O3. The number of carbonyl (C=O) groups excluding carboxylic acids is 3. The van der Waals surface area contributed by atoms with Crippen molar-refractivity contribution in [1.82, 2.24) is 15.3 Å². The van der Waals surface area contributed by atoms with Crippen LogP contribution in [0.5, 0.6) is 0 Å². The number of nitriles is 1. The highest BCUT2D eigenvalue weighted by molar-refractivity contribution is 6.39. The average Bonchev–Trinajstić information content (AvgIpc) is 2.91. The van der Waals surface area contributed by atoms with Crippen LogP contribution in [0, 0.1) is 23.2 Å². The Balaban J connectivity index is 1.29. The molecule has 2 aliphatic rings. The molecule has 3 heterocycles. The predicted octanol–water partition coefficient (Wildman–Crippen LogP) is 2.25. The molecule has 0 atom stereocenters. The van der Waals surface area contributed by atoms with Crippen molar-refractivity contribution in [3.8, 4) is 6.07 Å². The molecule has 188 valence electrons. The van der Waals surface area contributed by atoms with Gasteiger partial charge in [0.2, 0.25) is 5.91 Å². The molecule has 36 heavy (non-hydrogen) atoms. The van der Waals surface area contributed by atoms with Crippen LogP contribution >= 0.6 is 0 Å². The quantitative estimate of drug-likeness (QED) is 0.616. The lowest BCUT2D eigenvalue weighted by atomic mass is 9.96. The van der Waals surface area contributed by atoms with Crippen LogP contribution in [0.3, 0.4) is 0 Å². The fourth-order valence-electron chi connectivity index (χ4n) is 4.69. The molecular weight excluding hydrogens is 458 g/mol. The number of nitrogens with zero attached hydrogens (tertiary/aromatic N) is 5. The lowest BCUT2D eigenvalue weighted by Gasteiger charge is -2.32. The second-order valence-corrected chi connectivity index (χ2v) is 9.53. The van der Waals surface area contributed by atoms with E-state index >= 15 is 0 Å². The summed E-state index contributed by atoms with van der Waals surface area (Å²) in [7, 11) is 0. The number of benzene rings is 1. The van der Waals surface area contributed by atoms with E-state index in [-0.39, 0.29) is 17.7 Å². The molecule has 0 aliphatic carbocycles. The zero-order valence-electron chi connectivity index (χ0n) is 20.7. The minimum atomic E-state index is -0.733. The van der Waals surface area contributed by atoms with Crippen molar-refractivity contribution in [2.75, 3.05) is 41.3 Å². The van der Waals surface area contributed by atoms with E-state index in [2.05, 4.69) is 26.7 Å². The van der Waals surface area contributed by atoms with Crippen LogP contribution < -0.4 is 20.4 Å². The number of amides is 3. The fourth-order valence-corrected chi connectivity index (χ4v) is 4.69. The molecule has 1 saturated heterocycles. The standard InChI is InChI=1S/C26H31N7O3/c1-17(2)26(36)33-11-3-4-19-5-6-20(14-22(19)33)31-25(35)24(34)30-16-18-7-12-32(13-8-18)23-21(15-27)28-9-10-29-23/h5-6,9-10,14,17-18H,3-4,7-8,11-13,16H2,1-2H3,(H,30,34)(H,31,35). The summed E-state index contributed by atoms with van der Waals surface area (Å²) < 4.78 is 0. The number of piperidine rings is 1. The van der Waals surface area contributed by atoms with Gasteiger partial charge < -0.3 is 20.4 Å². The van der Waals surface area contributed by atoms with E-state index in [1.54, 1.807) is 23.2 Å². The van der Waals surface area contributed by atoms with Gasteiger partial charge in [-0.3, -0.25) is 14.4 Å². The molecule has 2 aliphatic heterocycles. The number of nitrogens with one attached hydrogen (secondary N) is 2. The van der Waals surface area contributed by atoms with Crippen LogP contribution in [-0.4, -0.2) is 53.9 Å². The van der Waals surface area contributed by atoms with Crippen LogP contribution in [-0.2, 0) is 20.8 Å². The highest BCUT2D eigenvalue weighted by Crippen LogP contribution is 2.31. The Kier molecular flexibility index (Phi) is 7.78. The van der Waals surface area contributed by atoms with E-state index < -0.39 is 11.8 Å². The van der Waals surface area contributed by atoms with Crippen molar-refractivity contribution in [2.45, 2.75) is 39.5 Å². The number of carbonyl (C=O) groups is 3. The Morgan fingerprint density at radius 2 is 1.86 bits per heavy atom. The molecule has 0 saturated carbocycles. The van der Waals surface area contributed by atoms with Gasteiger partial charge in [-0.25, -0.2) is 9.97 Å². The van der Waals surface area contributed by atoms with Crippen molar-refractivity contribution < 1.29 is 14.4 Å². The molecule has 3 amide bonds. The van der Waals surface area contributed by atoms with Gasteiger partial charge in [0.15, 0.2) is 11.5 Å². The van der Waals surface area contributed by atoms with Crippen LogP contribution in [0.2, 0.25) is 0 Å². The van der Waals surface area contributed by atoms with Gasteiger partial charge in [-0.15, -0.1) is 0 Å². The fraction of sp³-hybridized carbons (Fsp3) is 0.462. The molecule has 0 spiro atoms. The molecule has 0 bridgehead atoms. The summed E-state index contributed by atoms with van der Waals surface area (Å²) in [6.07, 6.45) is 6.45. The van der Waals surface area contributed by atoms with E-state index in [9.17, 15) is 19.6 Å². The van der Waals surface area contributed by atoms with Crippen molar-refractivity contribution in [3.63, 3.8) is 0 Å². The molecule has 10 nitrogen and oxygen atoms in total. The SMILES string of the molecule is CC(C)C(=O)N1CCCc2ccc(NC(=O)C(=O)NCC3CCN(c4nccnc4C#N)CC3)cc21. The number of rotatable bonds is 5. The van der Waals surface area contributed by atoms with Gasteiger partial charge in [-0.1, -0.05) is 19.9 Å². The first-order chi connectivity index (χ1) is 17.4. The maximum Gasteiger partial charge on any atom is 0.313 e. The van der Waals surface area contributed by atoms with Gasteiger partial charge in [0.05, 0.1) is 0 Å².